The van der Waals surface area contributed by atoms with Crippen LogP contribution in [0.4, 0.5) is 0 Å². The molecule has 1 aromatic carbocycles. The molecule has 4 rings (SSSR count). The Morgan fingerprint density at radius 3 is 2.43 bits per heavy atom. The highest BCUT2D eigenvalue weighted by Crippen LogP contribution is 2.40. The molecule has 1 aliphatic carbocycles. The monoisotopic (exact) mass is 360 g/mol. The van der Waals surface area contributed by atoms with Crippen LogP contribution in [-0.2, 0) is 10.0 Å². The molecule has 128 valence electrons. The van der Waals surface area contributed by atoms with Crippen molar-refractivity contribution in [1.29, 1.82) is 0 Å². The zero-order valence-electron chi connectivity index (χ0n) is 12.9. The number of aryl methyl sites for hydroxylation is 1. The molecule has 2 fully saturated rings. The zero-order chi connectivity index (χ0) is 15.3. The van der Waals surface area contributed by atoms with E-state index in [2.05, 4.69) is 5.32 Å². The van der Waals surface area contributed by atoms with Crippen molar-refractivity contribution in [2.24, 2.45) is 0 Å². The number of halogens is 1. The first-order valence-corrected chi connectivity index (χ1v) is 9.16. The molecule has 0 aromatic heterocycles. The van der Waals surface area contributed by atoms with Crippen molar-refractivity contribution >= 4 is 22.4 Å². The summed E-state index contributed by atoms with van der Waals surface area (Å²) >= 11 is 0. The zero-order valence-corrected chi connectivity index (χ0v) is 14.6. The lowest BCUT2D eigenvalue weighted by Gasteiger charge is -2.28. The molecule has 0 spiro atoms. The molecular weight excluding hydrogens is 340 g/mol. The summed E-state index contributed by atoms with van der Waals surface area (Å²) in [5.41, 5.74) is 0.709. The third-order valence-corrected chi connectivity index (χ3v) is 6.67. The predicted octanol–water partition coefficient (Wildman–Crippen LogP) is 1.66. The second-order valence-corrected chi connectivity index (χ2v) is 8.00. The number of rotatable bonds is 4. The molecule has 2 heterocycles. The van der Waals surface area contributed by atoms with Gasteiger partial charge in [-0.2, -0.15) is 4.31 Å². The number of hydrogen-bond donors (Lipinski definition) is 1. The minimum atomic E-state index is -3.52. The molecule has 8 heteroatoms. The van der Waals surface area contributed by atoms with Crippen LogP contribution < -0.4 is 14.8 Å². The average molecular weight is 361 g/mol. The number of ether oxygens (including phenoxy) is 2. The van der Waals surface area contributed by atoms with E-state index in [0.717, 1.165) is 32.4 Å². The molecule has 23 heavy (non-hydrogen) atoms. The Kier molecular flexibility index (Phi) is 4.48. The molecule has 1 atom stereocenters. The molecule has 2 aliphatic heterocycles. The summed E-state index contributed by atoms with van der Waals surface area (Å²) in [5, 5.41) is 3.26. The topological polar surface area (TPSA) is 67.9 Å². The Labute approximate surface area is 142 Å². The summed E-state index contributed by atoms with van der Waals surface area (Å²) in [4.78, 5) is 0.343. The first-order chi connectivity index (χ1) is 10.6. The molecule has 3 aliphatic rings. The lowest BCUT2D eigenvalue weighted by molar-refractivity contribution is 0.174. The average Bonchev–Trinajstić information content (AvgIpc) is 2.97. The Balaban J connectivity index is 0.00000156. The number of nitrogens with one attached hydrogen (secondary N) is 1. The summed E-state index contributed by atoms with van der Waals surface area (Å²) in [5.74, 6) is 1.14. The highest BCUT2D eigenvalue weighted by Gasteiger charge is 2.44. The summed E-state index contributed by atoms with van der Waals surface area (Å²) < 4.78 is 38.9. The van der Waals surface area contributed by atoms with E-state index in [-0.39, 0.29) is 31.3 Å². The Hall–Kier alpha value is -1.02. The summed E-state index contributed by atoms with van der Waals surface area (Å²) in [7, 11) is -3.52. The van der Waals surface area contributed by atoms with Crippen molar-refractivity contribution in [2.75, 3.05) is 19.9 Å². The van der Waals surface area contributed by atoms with Gasteiger partial charge < -0.3 is 14.8 Å². The van der Waals surface area contributed by atoms with E-state index in [4.69, 9.17) is 9.47 Å². The Bertz CT molecular complexity index is 700. The van der Waals surface area contributed by atoms with Crippen LogP contribution in [0.25, 0.3) is 0 Å². The van der Waals surface area contributed by atoms with E-state index >= 15 is 0 Å². The fraction of sp³-hybridized carbons (Fsp3) is 0.600. The standard InChI is InChI=1S/C15H20N2O4S.ClH/c1-10-6-13-14(21-9-20-13)7-15(10)22(18,19)17(11-2-3-11)12-4-5-16-8-12;/h6-7,11-12,16H,2-5,8-9H2,1H3;1H. The fourth-order valence-electron chi connectivity index (χ4n) is 3.29. The van der Waals surface area contributed by atoms with E-state index in [0.29, 0.717) is 22.0 Å². The van der Waals surface area contributed by atoms with E-state index in [1.165, 1.54) is 0 Å². The van der Waals surface area contributed by atoms with Crippen LogP contribution in [0.2, 0.25) is 0 Å². The van der Waals surface area contributed by atoms with Gasteiger partial charge in [0.2, 0.25) is 16.8 Å². The van der Waals surface area contributed by atoms with Gasteiger partial charge in [-0.15, -0.1) is 12.4 Å². The van der Waals surface area contributed by atoms with Crippen LogP contribution in [0.15, 0.2) is 17.0 Å². The fourth-order valence-corrected chi connectivity index (χ4v) is 5.42. The van der Waals surface area contributed by atoms with Crippen LogP contribution in [0.1, 0.15) is 24.8 Å². The van der Waals surface area contributed by atoms with E-state index in [1.54, 1.807) is 16.4 Å². The molecule has 1 aromatic rings. The Morgan fingerprint density at radius 1 is 1.13 bits per heavy atom. The third-order valence-electron chi connectivity index (χ3n) is 4.53. The van der Waals surface area contributed by atoms with Gasteiger partial charge in [-0.3, -0.25) is 0 Å². The number of hydrogen-bond acceptors (Lipinski definition) is 5. The molecule has 0 amide bonds. The second kappa shape index (κ2) is 6.12. The van der Waals surface area contributed by atoms with Gasteiger partial charge in [0.15, 0.2) is 11.5 Å². The molecule has 1 N–H and O–H groups in total. The minimum absolute atomic E-state index is 0. The number of sulfonamides is 1. The lowest BCUT2D eigenvalue weighted by Crippen LogP contribution is -2.43. The molecule has 0 bridgehead atoms. The quantitative estimate of drug-likeness (QED) is 0.884. The predicted molar refractivity (Wildman–Crippen MR) is 87.9 cm³/mol. The summed E-state index contributed by atoms with van der Waals surface area (Å²) in [6.45, 7) is 3.58. The smallest absolute Gasteiger partial charge is 0.244 e. The molecular formula is C15H21ClN2O4S. The van der Waals surface area contributed by atoms with Gasteiger partial charge in [-0.05, 0) is 44.4 Å². The first-order valence-electron chi connectivity index (χ1n) is 7.72. The van der Waals surface area contributed by atoms with Crippen molar-refractivity contribution in [2.45, 2.75) is 43.2 Å². The van der Waals surface area contributed by atoms with Gasteiger partial charge in [-0.1, -0.05) is 0 Å². The van der Waals surface area contributed by atoms with Gasteiger partial charge in [0.25, 0.3) is 0 Å². The van der Waals surface area contributed by atoms with Gasteiger partial charge in [-0.25, -0.2) is 8.42 Å². The van der Waals surface area contributed by atoms with Gasteiger partial charge in [0, 0.05) is 24.7 Å². The molecule has 0 radical (unpaired) electrons. The maximum absolute atomic E-state index is 13.2. The molecule has 1 saturated carbocycles. The molecule has 1 saturated heterocycles. The number of nitrogens with zero attached hydrogens (tertiary/aromatic N) is 1. The van der Waals surface area contributed by atoms with Crippen LogP contribution in [0, 0.1) is 6.92 Å². The highest BCUT2D eigenvalue weighted by atomic mass is 35.5. The SMILES string of the molecule is Cc1cc2c(cc1S(=O)(=O)N(C1CC1)C1CCNC1)OCO2.Cl. The van der Waals surface area contributed by atoms with Crippen molar-refractivity contribution in [1.82, 2.24) is 9.62 Å². The largest absolute Gasteiger partial charge is 0.454 e. The van der Waals surface area contributed by atoms with E-state index in [1.807, 2.05) is 6.92 Å². The molecule has 6 nitrogen and oxygen atoms in total. The normalized spacial score (nSPS) is 23.1. The lowest BCUT2D eigenvalue weighted by atomic mass is 10.2. The van der Waals surface area contributed by atoms with Crippen LogP contribution >= 0.6 is 12.4 Å². The minimum Gasteiger partial charge on any atom is -0.454 e. The van der Waals surface area contributed by atoms with E-state index < -0.39 is 10.0 Å². The van der Waals surface area contributed by atoms with Crippen molar-refractivity contribution < 1.29 is 17.9 Å². The second-order valence-electron chi connectivity index (χ2n) is 6.18. The van der Waals surface area contributed by atoms with Crippen molar-refractivity contribution in [3.8, 4) is 11.5 Å². The Morgan fingerprint density at radius 2 is 1.83 bits per heavy atom. The molecule has 1 unspecified atom stereocenters. The first kappa shape index (κ1) is 16.8. The summed E-state index contributed by atoms with van der Waals surface area (Å²) in [6, 6.07) is 3.58. The van der Waals surface area contributed by atoms with Crippen LogP contribution in [0.3, 0.4) is 0 Å². The maximum Gasteiger partial charge on any atom is 0.244 e. The van der Waals surface area contributed by atoms with Gasteiger partial charge >= 0.3 is 0 Å². The highest BCUT2D eigenvalue weighted by molar-refractivity contribution is 7.89. The van der Waals surface area contributed by atoms with Crippen LogP contribution in [0.5, 0.6) is 11.5 Å². The number of fused-ring (bicyclic) bond motifs is 1. The van der Waals surface area contributed by atoms with Gasteiger partial charge in [0.1, 0.15) is 0 Å². The van der Waals surface area contributed by atoms with Crippen molar-refractivity contribution in [3.63, 3.8) is 0 Å². The van der Waals surface area contributed by atoms with Gasteiger partial charge in [0.05, 0.1) is 4.90 Å². The number of benzene rings is 1. The summed E-state index contributed by atoms with van der Waals surface area (Å²) in [6.07, 6.45) is 2.79. The third kappa shape index (κ3) is 2.91. The maximum atomic E-state index is 13.2. The van der Waals surface area contributed by atoms with Crippen LogP contribution in [-0.4, -0.2) is 44.7 Å². The van der Waals surface area contributed by atoms with Crippen molar-refractivity contribution in [3.05, 3.63) is 17.7 Å². The van der Waals surface area contributed by atoms with E-state index in [9.17, 15) is 8.42 Å².